The molecule has 0 atom stereocenters. The van der Waals surface area contributed by atoms with E-state index in [-0.39, 0.29) is 5.91 Å². The van der Waals surface area contributed by atoms with Crippen molar-refractivity contribution in [1.82, 2.24) is 9.30 Å². The minimum atomic E-state index is -0.0740. The largest absolute Gasteiger partial charge is 0.355 e. The van der Waals surface area contributed by atoms with Gasteiger partial charge in [0.1, 0.15) is 5.82 Å². The van der Waals surface area contributed by atoms with E-state index in [0.29, 0.717) is 5.56 Å². The molecule has 2 aliphatic rings. The molecule has 29 heavy (non-hydrogen) atoms. The number of carbonyl (C=O) groups excluding carboxylic acids is 1. The van der Waals surface area contributed by atoms with Crippen LogP contribution in [0.1, 0.15) is 28.8 Å². The molecule has 5 nitrogen and oxygen atoms in total. The van der Waals surface area contributed by atoms with Gasteiger partial charge < -0.3 is 14.6 Å². The number of anilines is 2. The number of rotatable bonds is 5. The first-order valence-corrected chi connectivity index (χ1v) is 10.6. The fourth-order valence-electron chi connectivity index (χ4n) is 4.21. The van der Waals surface area contributed by atoms with Gasteiger partial charge >= 0.3 is 0 Å². The highest BCUT2D eigenvalue weighted by molar-refractivity contribution is 6.04. The molecular formula is C24H28N4O. The van der Waals surface area contributed by atoms with Crippen LogP contribution in [0.5, 0.6) is 0 Å². The summed E-state index contributed by atoms with van der Waals surface area (Å²) in [6.07, 6.45) is 4.79. The molecule has 0 spiro atoms. The summed E-state index contributed by atoms with van der Waals surface area (Å²) in [5.74, 6) is 2.05. The normalized spacial score (nSPS) is 17.6. The number of hydrogen-bond acceptors (Lipinski definition) is 3. The second kappa shape index (κ2) is 7.56. The third-order valence-corrected chi connectivity index (χ3v) is 6.20. The molecule has 1 amide bonds. The van der Waals surface area contributed by atoms with Crippen molar-refractivity contribution in [3.05, 3.63) is 65.9 Å². The smallest absolute Gasteiger partial charge is 0.257 e. The van der Waals surface area contributed by atoms with Gasteiger partial charge in [0.2, 0.25) is 0 Å². The van der Waals surface area contributed by atoms with Gasteiger partial charge in [0.15, 0.2) is 0 Å². The van der Waals surface area contributed by atoms with Gasteiger partial charge in [0.25, 0.3) is 5.91 Å². The van der Waals surface area contributed by atoms with Crippen molar-refractivity contribution in [1.29, 1.82) is 0 Å². The lowest BCUT2D eigenvalue weighted by Crippen LogP contribution is -2.47. The van der Waals surface area contributed by atoms with Gasteiger partial charge in [-0.15, -0.1) is 0 Å². The number of fused-ring (bicyclic) bond motifs is 1. The Hall–Kier alpha value is -2.79. The first kappa shape index (κ1) is 18.3. The Kier molecular flexibility index (Phi) is 4.76. The number of nitrogens with one attached hydrogen (secondary N) is 1. The summed E-state index contributed by atoms with van der Waals surface area (Å²) >= 11 is 0. The molecule has 1 N–H and O–H groups in total. The summed E-state index contributed by atoms with van der Waals surface area (Å²) in [6, 6.07) is 16.1. The topological polar surface area (TPSA) is 40.0 Å². The minimum absolute atomic E-state index is 0.0740. The highest BCUT2D eigenvalue weighted by Crippen LogP contribution is 2.30. The fraction of sp³-hybridized carbons (Fsp3) is 0.375. The minimum Gasteiger partial charge on any atom is -0.355 e. The van der Waals surface area contributed by atoms with E-state index in [0.717, 1.165) is 48.9 Å². The molecule has 0 unspecified atom stereocenters. The number of aryl methyl sites for hydroxylation is 1. The number of hydrogen-bond donors (Lipinski definition) is 1. The summed E-state index contributed by atoms with van der Waals surface area (Å²) in [5, 5.41) is 3.04. The second-order valence-corrected chi connectivity index (χ2v) is 8.40. The second-order valence-electron chi connectivity index (χ2n) is 8.40. The van der Waals surface area contributed by atoms with Crippen LogP contribution in [-0.4, -0.2) is 47.9 Å². The Morgan fingerprint density at radius 1 is 1.00 bits per heavy atom. The number of aromatic nitrogens is 1. The van der Waals surface area contributed by atoms with E-state index in [9.17, 15) is 4.79 Å². The van der Waals surface area contributed by atoms with E-state index in [1.54, 1.807) is 0 Å². The molecule has 2 aromatic heterocycles. The number of amides is 1. The van der Waals surface area contributed by atoms with Crippen LogP contribution >= 0.6 is 0 Å². The number of carbonyl (C=O) groups is 1. The molecule has 0 bridgehead atoms. The van der Waals surface area contributed by atoms with Crippen LogP contribution in [0.4, 0.5) is 11.5 Å². The average molecular weight is 389 g/mol. The van der Waals surface area contributed by atoms with Crippen LogP contribution in [0.3, 0.4) is 0 Å². The Bertz CT molecular complexity index is 1030. The van der Waals surface area contributed by atoms with E-state index >= 15 is 0 Å². The Balaban J connectivity index is 1.33. The Morgan fingerprint density at radius 2 is 1.76 bits per heavy atom. The molecule has 150 valence electrons. The molecule has 1 saturated carbocycles. The van der Waals surface area contributed by atoms with Gasteiger partial charge in [0.05, 0.1) is 5.56 Å². The highest BCUT2D eigenvalue weighted by atomic mass is 16.1. The third kappa shape index (κ3) is 3.87. The molecule has 0 radical (unpaired) electrons. The third-order valence-electron chi connectivity index (χ3n) is 6.20. The number of nitrogens with zero attached hydrogens (tertiary/aromatic N) is 3. The SMILES string of the molecule is Cc1ccccc1NC(=O)c1ccc2ccc(N3CCN(CC4CC4)CC3)n2c1. The van der Waals surface area contributed by atoms with Crippen LogP contribution < -0.4 is 10.2 Å². The number of piperazine rings is 1. The highest BCUT2D eigenvalue weighted by Gasteiger charge is 2.27. The summed E-state index contributed by atoms with van der Waals surface area (Å²) in [4.78, 5) is 17.9. The van der Waals surface area contributed by atoms with Crippen molar-refractivity contribution >= 4 is 22.9 Å². The molecule has 1 aliphatic carbocycles. The van der Waals surface area contributed by atoms with E-state index in [2.05, 4.69) is 31.7 Å². The summed E-state index contributed by atoms with van der Waals surface area (Å²) in [7, 11) is 0. The lowest BCUT2D eigenvalue weighted by Gasteiger charge is -2.35. The summed E-state index contributed by atoms with van der Waals surface area (Å²) in [6.45, 7) is 7.60. The predicted octanol–water partition coefficient (Wildman–Crippen LogP) is 4.03. The number of pyridine rings is 1. The van der Waals surface area contributed by atoms with Gasteiger partial charge in [-0.1, -0.05) is 18.2 Å². The summed E-state index contributed by atoms with van der Waals surface area (Å²) < 4.78 is 2.16. The van der Waals surface area contributed by atoms with E-state index in [1.807, 2.05) is 49.5 Å². The van der Waals surface area contributed by atoms with Gasteiger partial charge in [-0.2, -0.15) is 0 Å². The first-order valence-electron chi connectivity index (χ1n) is 10.6. The molecule has 3 heterocycles. The van der Waals surface area contributed by atoms with Crippen LogP contribution in [0, 0.1) is 12.8 Å². The standard InChI is InChI=1S/C24H28N4O/c1-18-4-2-3-5-22(18)25-24(29)20-8-9-21-10-11-23(28(21)17-20)27-14-12-26(13-15-27)16-19-6-7-19/h2-5,8-11,17,19H,6-7,12-16H2,1H3,(H,25,29). The zero-order valence-corrected chi connectivity index (χ0v) is 17.0. The quantitative estimate of drug-likeness (QED) is 0.717. The lowest BCUT2D eigenvalue weighted by molar-refractivity contribution is 0.102. The average Bonchev–Trinajstić information content (AvgIpc) is 3.45. The number of para-hydroxylation sites is 1. The van der Waals surface area contributed by atoms with Crippen molar-refractivity contribution in [3.8, 4) is 0 Å². The van der Waals surface area contributed by atoms with Crippen molar-refractivity contribution in [2.24, 2.45) is 5.92 Å². The van der Waals surface area contributed by atoms with Gasteiger partial charge in [-0.05, 0) is 61.6 Å². The van der Waals surface area contributed by atoms with Crippen LogP contribution in [-0.2, 0) is 0 Å². The van der Waals surface area contributed by atoms with Crippen LogP contribution in [0.2, 0.25) is 0 Å². The first-order chi connectivity index (χ1) is 14.2. The summed E-state index contributed by atoms with van der Waals surface area (Å²) in [5.41, 5.74) is 3.71. The van der Waals surface area contributed by atoms with Gasteiger partial charge in [-0.25, -0.2) is 0 Å². The van der Waals surface area contributed by atoms with Crippen LogP contribution in [0.25, 0.3) is 5.52 Å². The van der Waals surface area contributed by atoms with Crippen molar-refractivity contribution in [2.75, 3.05) is 42.9 Å². The monoisotopic (exact) mass is 388 g/mol. The molecule has 2 fully saturated rings. The Labute approximate surface area is 171 Å². The van der Waals surface area contributed by atoms with Crippen LogP contribution in [0.15, 0.2) is 54.7 Å². The molecule has 5 heteroatoms. The molecule has 3 aromatic rings. The molecular weight excluding hydrogens is 360 g/mol. The predicted molar refractivity (Wildman–Crippen MR) is 118 cm³/mol. The maximum atomic E-state index is 12.8. The molecule has 5 rings (SSSR count). The maximum Gasteiger partial charge on any atom is 0.257 e. The Morgan fingerprint density at radius 3 is 2.52 bits per heavy atom. The zero-order chi connectivity index (χ0) is 19.8. The fourth-order valence-corrected chi connectivity index (χ4v) is 4.21. The van der Waals surface area contributed by atoms with Gasteiger partial charge in [-0.3, -0.25) is 9.69 Å². The molecule has 1 aromatic carbocycles. The lowest BCUT2D eigenvalue weighted by atomic mass is 10.2. The van der Waals surface area contributed by atoms with Crippen molar-refractivity contribution < 1.29 is 4.79 Å². The van der Waals surface area contributed by atoms with E-state index < -0.39 is 0 Å². The molecule has 1 aliphatic heterocycles. The molecule has 1 saturated heterocycles. The van der Waals surface area contributed by atoms with Crippen molar-refractivity contribution in [3.63, 3.8) is 0 Å². The zero-order valence-electron chi connectivity index (χ0n) is 17.0. The van der Waals surface area contributed by atoms with E-state index in [1.165, 1.54) is 25.2 Å². The number of benzene rings is 1. The van der Waals surface area contributed by atoms with Crippen molar-refractivity contribution in [2.45, 2.75) is 19.8 Å². The van der Waals surface area contributed by atoms with Gasteiger partial charge in [0, 0.05) is 50.1 Å². The van der Waals surface area contributed by atoms with E-state index in [4.69, 9.17) is 0 Å². The maximum absolute atomic E-state index is 12.8.